The fraction of sp³-hybridized carbons (Fsp3) is 0.500. The molecule has 6 heteroatoms. The molecule has 26 heavy (non-hydrogen) atoms. The van der Waals surface area contributed by atoms with E-state index in [-0.39, 0.29) is 5.75 Å². The summed E-state index contributed by atoms with van der Waals surface area (Å²) in [6, 6.07) is 9.85. The molecule has 0 saturated carbocycles. The molecule has 1 fully saturated rings. The van der Waals surface area contributed by atoms with Gasteiger partial charge in [-0.05, 0) is 69.0 Å². The highest BCUT2D eigenvalue weighted by molar-refractivity contribution is 7.88. The number of benzene rings is 1. The average molecular weight is 377 g/mol. The Bertz CT molecular complexity index is 808. The molecule has 1 aromatic carbocycles. The number of nitrogens with one attached hydrogen (secondary N) is 1. The van der Waals surface area contributed by atoms with E-state index < -0.39 is 10.0 Å². The molecule has 0 atom stereocenters. The Morgan fingerprint density at radius 3 is 2.65 bits per heavy atom. The third-order valence-electron chi connectivity index (χ3n) is 5.11. The van der Waals surface area contributed by atoms with Gasteiger partial charge in [0.15, 0.2) is 0 Å². The van der Waals surface area contributed by atoms with Crippen molar-refractivity contribution in [3.63, 3.8) is 0 Å². The van der Waals surface area contributed by atoms with Gasteiger partial charge < -0.3 is 4.42 Å². The molecule has 1 aliphatic heterocycles. The van der Waals surface area contributed by atoms with Gasteiger partial charge in [-0.25, -0.2) is 13.1 Å². The molecule has 3 rings (SSSR count). The fourth-order valence-corrected chi connectivity index (χ4v) is 4.74. The molecule has 0 bridgehead atoms. The van der Waals surface area contributed by atoms with Gasteiger partial charge in [0.25, 0.3) is 0 Å². The molecule has 0 aliphatic carbocycles. The molecule has 0 spiro atoms. The Kier molecular flexibility index (Phi) is 6.16. The zero-order valence-corrected chi connectivity index (χ0v) is 16.4. The second-order valence-corrected chi connectivity index (χ2v) is 9.14. The summed E-state index contributed by atoms with van der Waals surface area (Å²) >= 11 is 0. The van der Waals surface area contributed by atoms with Crippen LogP contribution < -0.4 is 4.72 Å². The number of hydrogen-bond acceptors (Lipinski definition) is 4. The summed E-state index contributed by atoms with van der Waals surface area (Å²) in [5, 5.41) is 0. The summed E-state index contributed by atoms with van der Waals surface area (Å²) in [6.07, 6.45) is 3.71. The Labute approximate surface area is 156 Å². The van der Waals surface area contributed by atoms with Crippen molar-refractivity contribution in [3.8, 4) is 0 Å². The smallest absolute Gasteiger partial charge is 0.215 e. The minimum absolute atomic E-state index is 0.0534. The van der Waals surface area contributed by atoms with Gasteiger partial charge >= 0.3 is 0 Å². The van der Waals surface area contributed by atoms with Gasteiger partial charge in [-0.2, -0.15) is 0 Å². The molecule has 0 amide bonds. The standard InChI is InChI=1S/C20H28N2O3S/c1-16-5-6-17(2)19(12-16)15-26(23,24)21-13-18-7-9-22(10-8-18)14-20-4-3-11-25-20/h3-6,11-12,18,21H,7-10,13-15H2,1-2H3. The number of aryl methyl sites for hydroxylation is 2. The average Bonchev–Trinajstić information content (AvgIpc) is 3.10. The van der Waals surface area contributed by atoms with E-state index in [1.54, 1.807) is 6.26 Å². The molecule has 0 unspecified atom stereocenters. The summed E-state index contributed by atoms with van der Waals surface area (Å²) in [5.41, 5.74) is 2.99. The maximum atomic E-state index is 12.4. The van der Waals surface area contributed by atoms with Crippen LogP contribution in [-0.2, 0) is 22.3 Å². The second-order valence-electron chi connectivity index (χ2n) is 7.34. The summed E-state index contributed by atoms with van der Waals surface area (Å²) in [7, 11) is -3.31. The van der Waals surface area contributed by atoms with E-state index in [1.165, 1.54) is 0 Å². The van der Waals surface area contributed by atoms with Crippen molar-refractivity contribution >= 4 is 10.0 Å². The van der Waals surface area contributed by atoms with Crippen LogP contribution in [0.25, 0.3) is 0 Å². The predicted octanol–water partition coefficient (Wildman–Crippen LogP) is 3.23. The normalized spacial score (nSPS) is 16.8. The lowest BCUT2D eigenvalue weighted by atomic mass is 9.97. The summed E-state index contributed by atoms with van der Waals surface area (Å²) in [4.78, 5) is 2.36. The van der Waals surface area contributed by atoms with Crippen molar-refractivity contribution in [3.05, 3.63) is 59.0 Å². The molecule has 142 valence electrons. The minimum Gasteiger partial charge on any atom is -0.468 e. The van der Waals surface area contributed by atoms with E-state index >= 15 is 0 Å². The second kappa shape index (κ2) is 8.37. The van der Waals surface area contributed by atoms with E-state index in [1.807, 2.05) is 44.2 Å². The zero-order chi connectivity index (χ0) is 18.6. The van der Waals surface area contributed by atoms with E-state index in [2.05, 4.69) is 9.62 Å². The number of nitrogens with zero attached hydrogens (tertiary/aromatic N) is 1. The zero-order valence-electron chi connectivity index (χ0n) is 15.6. The van der Waals surface area contributed by atoms with Gasteiger partial charge in [0.05, 0.1) is 18.6 Å². The van der Waals surface area contributed by atoms with Crippen LogP contribution in [-0.4, -0.2) is 33.0 Å². The number of likely N-dealkylation sites (tertiary alicyclic amines) is 1. The van der Waals surface area contributed by atoms with Crippen LogP contribution in [0.1, 0.15) is 35.3 Å². The SMILES string of the molecule is Cc1ccc(C)c(CS(=O)(=O)NCC2CCN(Cc3ccco3)CC2)c1. The molecule has 2 heterocycles. The number of sulfonamides is 1. The molecule has 1 saturated heterocycles. The predicted molar refractivity (Wildman–Crippen MR) is 103 cm³/mol. The topological polar surface area (TPSA) is 62.6 Å². The molecule has 1 aliphatic rings. The number of piperidine rings is 1. The first-order chi connectivity index (χ1) is 12.4. The van der Waals surface area contributed by atoms with Crippen molar-refractivity contribution in [2.45, 2.75) is 39.0 Å². The van der Waals surface area contributed by atoms with Gasteiger partial charge in [0.2, 0.25) is 10.0 Å². The quantitative estimate of drug-likeness (QED) is 0.806. The molecular formula is C20H28N2O3S. The lowest BCUT2D eigenvalue weighted by Gasteiger charge is -2.31. The van der Waals surface area contributed by atoms with Gasteiger partial charge in [0, 0.05) is 6.54 Å². The van der Waals surface area contributed by atoms with Crippen molar-refractivity contribution in [1.29, 1.82) is 0 Å². The molecule has 1 N–H and O–H groups in total. The molecule has 5 nitrogen and oxygen atoms in total. The number of hydrogen-bond donors (Lipinski definition) is 1. The van der Waals surface area contributed by atoms with Crippen molar-refractivity contribution in [2.24, 2.45) is 5.92 Å². The van der Waals surface area contributed by atoms with Crippen molar-refractivity contribution in [1.82, 2.24) is 9.62 Å². The Morgan fingerprint density at radius 1 is 1.19 bits per heavy atom. The van der Waals surface area contributed by atoms with Crippen LogP contribution in [0, 0.1) is 19.8 Å². The van der Waals surface area contributed by atoms with Crippen LogP contribution in [0.4, 0.5) is 0 Å². The summed E-state index contributed by atoms with van der Waals surface area (Å²) in [5.74, 6) is 1.44. The van der Waals surface area contributed by atoms with Crippen LogP contribution in [0.3, 0.4) is 0 Å². The van der Waals surface area contributed by atoms with Crippen LogP contribution in [0.2, 0.25) is 0 Å². The number of furan rings is 1. The van der Waals surface area contributed by atoms with Gasteiger partial charge in [-0.15, -0.1) is 0 Å². The Morgan fingerprint density at radius 2 is 1.96 bits per heavy atom. The van der Waals surface area contributed by atoms with Gasteiger partial charge in [-0.3, -0.25) is 4.90 Å². The highest BCUT2D eigenvalue weighted by Gasteiger charge is 2.22. The van der Waals surface area contributed by atoms with Crippen LogP contribution >= 0.6 is 0 Å². The molecule has 1 aromatic heterocycles. The van der Waals surface area contributed by atoms with E-state index in [9.17, 15) is 8.42 Å². The Hall–Kier alpha value is -1.63. The highest BCUT2D eigenvalue weighted by atomic mass is 32.2. The maximum Gasteiger partial charge on any atom is 0.215 e. The maximum absolute atomic E-state index is 12.4. The van der Waals surface area contributed by atoms with E-state index in [4.69, 9.17) is 4.42 Å². The van der Waals surface area contributed by atoms with Gasteiger partial charge in [0.1, 0.15) is 5.76 Å². The number of rotatable bonds is 7. The first kappa shape index (κ1) is 19.1. The molecular weight excluding hydrogens is 348 g/mol. The van der Waals surface area contributed by atoms with Gasteiger partial charge in [-0.1, -0.05) is 23.8 Å². The van der Waals surface area contributed by atoms with Crippen LogP contribution in [0.15, 0.2) is 41.0 Å². The van der Waals surface area contributed by atoms with Crippen LogP contribution in [0.5, 0.6) is 0 Å². The fourth-order valence-electron chi connectivity index (χ4n) is 3.43. The first-order valence-corrected chi connectivity index (χ1v) is 10.8. The molecule has 2 aromatic rings. The summed E-state index contributed by atoms with van der Waals surface area (Å²) < 4.78 is 33.1. The molecule has 0 radical (unpaired) electrons. The van der Waals surface area contributed by atoms with E-state index in [0.717, 1.165) is 54.9 Å². The lowest BCUT2D eigenvalue weighted by molar-refractivity contribution is 0.168. The minimum atomic E-state index is -3.31. The first-order valence-electron chi connectivity index (χ1n) is 9.19. The van der Waals surface area contributed by atoms with Crippen molar-refractivity contribution < 1.29 is 12.8 Å². The third kappa shape index (κ3) is 5.43. The largest absolute Gasteiger partial charge is 0.468 e. The van der Waals surface area contributed by atoms with E-state index in [0.29, 0.717) is 12.5 Å². The highest BCUT2D eigenvalue weighted by Crippen LogP contribution is 2.19. The third-order valence-corrected chi connectivity index (χ3v) is 6.41. The monoisotopic (exact) mass is 376 g/mol. The summed E-state index contributed by atoms with van der Waals surface area (Å²) in [6.45, 7) is 7.26. The Balaban J connectivity index is 1.46. The van der Waals surface area contributed by atoms with Crippen molar-refractivity contribution in [2.75, 3.05) is 19.6 Å². The lowest BCUT2D eigenvalue weighted by Crippen LogP contribution is -2.38.